The van der Waals surface area contributed by atoms with Crippen LogP contribution < -0.4 is 5.32 Å². The highest BCUT2D eigenvalue weighted by Gasteiger charge is 2.23. The Morgan fingerprint density at radius 2 is 2.14 bits per heavy atom. The Balaban J connectivity index is 1.60. The number of nitrogens with zero attached hydrogens (tertiary/aromatic N) is 3. The summed E-state index contributed by atoms with van der Waals surface area (Å²) >= 11 is 0. The number of aryl methyl sites for hydroxylation is 1. The number of morpholine rings is 1. The first kappa shape index (κ1) is 16.4. The van der Waals surface area contributed by atoms with Gasteiger partial charge in [-0.1, -0.05) is 0 Å². The number of rotatable bonds is 7. The molecule has 1 aromatic heterocycles. The van der Waals surface area contributed by atoms with Crippen LogP contribution in [0.5, 0.6) is 0 Å². The van der Waals surface area contributed by atoms with Crippen molar-refractivity contribution in [2.45, 2.75) is 45.6 Å². The topological polar surface area (TPSA) is 62.5 Å². The maximum atomic E-state index is 10.1. The Labute approximate surface area is 127 Å². The molecule has 3 atom stereocenters. The van der Waals surface area contributed by atoms with Crippen LogP contribution in [0, 0.1) is 6.92 Å². The number of aliphatic hydroxyl groups is 1. The Kier molecular flexibility index (Phi) is 6.17. The number of aliphatic hydroxyl groups excluding tert-OH is 1. The van der Waals surface area contributed by atoms with Crippen molar-refractivity contribution < 1.29 is 9.84 Å². The fraction of sp³-hybridized carbons (Fsp3) is 0.800. The van der Waals surface area contributed by atoms with Gasteiger partial charge in [0, 0.05) is 38.9 Å². The third kappa shape index (κ3) is 5.74. The van der Waals surface area contributed by atoms with Crippen LogP contribution in [0.25, 0.3) is 0 Å². The molecule has 0 aromatic carbocycles. The van der Waals surface area contributed by atoms with Crippen molar-refractivity contribution in [3.05, 3.63) is 18.0 Å². The number of β-amino-alcohol motifs (C(OH)–C–C–N with tert-alkyl or cyclic N) is 1. The summed E-state index contributed by atoms with van der Waals surface area (Å²) in [6, 6.07) is 0. The van der Waals surface area contributed by atoms with E-state index in [0.29, 0.717) is 13.1 Å². The predicted molar refractivity (Wildman–Crippen MR) is 82.3 cm³/mol. The van der Waals surface area contributed by atoms with E-state index in [1.165, 1.54) is 5.56 Å². The maximum Gasteiger partial charge on any atom is 0.0791 e. The van der Waals surface area contributed by atoms with Crippen molar-refractivity contribution in [3.8, 4) is 0 Å². The summed E-state index contributed by atoms with van der Waals surface area (Å²) in [6.45, 7) is 10.9. The molecule has 1 aromatic rings. The lowest BCUT2D eigenvalue weighted by molar-refractivity contribution is -0.0762. The minimum Gasteiger partial charge on any atom is -0.390 e. The Bertz CT molecular complexity index is 414. The third-order valence-electron chi connectivity index (χ3n) is 3.62. The summed E-state index contributed by atoms with van der Waals surface area (Å²) in [7, 11) is 0. The largest absolute Gasteiger partial charge is 0.390 e. The quantitative estimate of drug-likeness (QED) is 0.706. The molecule has 0 radical (unpaired) electrons. The van der Waals surface area contributed by atoms with Gasteiger partial charge in [0.15, 0.2) is 0 Å². The van der Waals surface area contributed by atoms with Gasteiger partial charge in [-0.25, -0.2) is 0 Å². The van der Waals surface area contributed by atoms with Crippen molar-refractivity contribution in [1.29, 1.82) is 0 Å². The van der Waals surface area contributed by atoms with Gasteiger partial charge in [-0.15, -0.1) is 0 Å². The average molecular weight is 296 g/mol. The first-order valence-corrected chi connectivity index (χ1v) is 7.78. The van der Waals surface area contributed by atoms with Gasteiger partial charge in [0.2, 0.25) is 0 Å². The Hall–Kier alpha value is -0.950. The van der Waals surface area contributed by atoms with Crippen molar-refractivity contribution in [1.82, 2.24) is 20.0 Å². The molecule has 0 saturated carbocycles. The molecular formula is C15H28N4O2. The van der Waals surface area contributed by atoms with Crippen LogP contribution in [0.1, 0.15) is 19.4 Å². The van der Waals surface area contributed by atoms with Gasteiger partial charge in [-0.3, -0.25) is 9.58 Å². The van der Waals surface area contributed by atoms with Gasteiger partial charge < -0.3 is 15.2 Å². The molecule has 6 nitrogen and oxygen atoms in total. The normalized spacial score (nSPS) is 25.1. The van der Waals surface area contributed by atoms with Gasteiger partial charge in [0.25, 0.3) is 0 Å². The van der Waals surface area contributed by atoms with E-state index < -0.39 is 0 Å². The van der Waals surface area contributed by atoms with Crippen molar-refractivity contribution in [3.63, 3.8) is 0 Å². The van der Waals surface area contributed by atoms with Crippen LogP contribution in [0.15, 0.2) is 12.4 Å². The monoisotopic (exact) mass is 296 g/mol. The fourth-order valence-electron chi connectivity index (χ4n) is 2.85. The van der Waals surface area contributed by atoms with Crippen LogP contribution in [0.4, 0.5) is 0 Å². The molecule has 0 aliphatic carbocycles. The minimum absolute atomic E-state index is 0.247. The van der Waals surface area contributed by atoms with E-state index in [9.17, 15) is 5.11 Å². The lowest BCUT2D eigenvalue weighted by Gasteiger charge is -2.36. The molecule has 1 aliphatic heterocycles. The van der Waals surface area contributed by atoms with Crippen LogP contribution in [-0.4, -0.2) is 70.8 Å². The summed E-state index contributed by atoms with van der Waals surface area (Å²) in [5.41, 5.74) is 1.17. The summed E-state index contributed by atoms with van der Waals surface area (Å²) in [5, 5.41) is 17.6. The van der Waals surface area contributed by atoms with Gasteiger partial charge in [0.1, 0.15) is 0 Å². The number of aromatic nitrogens is 2. The molecule has 2 N–H and O–H groups in total. The molecule has 0 spiro atoms. The number of hydrogen-bond donors (Lipinski definition) is 2. The Morgan fingerprint density at radius 1 is 1.43 bits per heavy atom. The smallest absolute Gasteiger partial charge is 0.0791 e. The molecule has 2 rings (SSSR count). The van der Waals surface area contributed by atoms with Crippen molar-refractivity contribution >= 4 is 0 Å². The third-order valence-corrected chi connectivity index (χ3v) is 3.62. The van der Waals surface area contributed by atoms with Gasteiger partial charge in [0.05, 0.1) is 31.1 Å². The molecular weight excluding hydrogens is 268 g/mol. The van der Waals surface area contributed by atoms with Gasteiger partial charge in [-0.05, 0) is 26.3 Å². The second-order valence-electron chi connectivity index (χ2n) is 6.11. The number of ether oxygens (including phenoxy) is 1. The van der Waals surface area contributed by atoms with E-state index in [-0.39, 0.29) is 18.3 Å². The van der Waals surface area contributed by atoms with Crippen LogP contribution >= 0.6 is 0 Å². The van der Waals surface area contributed by atoms with E-state index >= 15 is 0 Å². The van der Waals surface area contributed by atoms with Crippen LogP contribution in [0.2, 0.25) is 0 Å². The highest BCUT2D eigenvalue weighted by molar-refractivity contribution is 4.99. The molecule has 3 unspecified atom stereocenters. The average Bonchev–Trinajstić information content (AvgIpc) is 2.79. The second kappa shape index (κ2) is 7.89. The summed E-state index contributed by atoms with van der Waals surface area (Å²) in [4.78, 5) is 2.28. The zero-order valence-corrected chi connectivity index (χ0v) is 13.3. The van der Waals surface area contributed by atoms with Crippen LogP contribution in [-0.2, 0) is 11.3 Å². The maximum absolute atomic E-state index is 10.1. The summed E-state index contributed by atoms with van der Waals surface area (Å²) in [6.07, 6.45) is 4.03. The van der Waals surface area contributed by atoms with E-state index in [2.05, 4.69) is 29.2 Å². The lowest BCUT2D eigenvalue weighted by atomic mass is 10.2. The van der Waals surface area contributed by atoms with Crippen molar-refractivity contribution in [2.24, 2.45) is 0 Å². The van der Waals surface area contributed by atoms with E-state index in [4.69, 9.17) is 4.74 Å². The molecule has 0 amide bonds. The highest BCUT2D eigenvalue weighted by Crippen LogP contribution is 2.10. The molecule has 2 heterocycles. The SMILES string of the molecule is Cc1cnn(CCNCC(O)CN2CC(C)OC(C)C2)c1. The molecule has 1 saturated heterocycles. The lowest BCUT2D eigenvalue weighted by Crippen LogP contribution is -2.49. The molecule has 21 heavy (non-hydrogen) atoms. The zero-order chi connectivity index (χ0) is 15.2. The zero-order valence-electron chi connectivity index (χ0n) is 13.3. The van der Waals surface area contributed by atoms with E-state index in [0.717, 1.165) is 26.2 Å². The van der Waals surface area contributed by atoms with Gasteiger partial charge >= 0.3 is 0 Å². The molecule has 0 bridgehead atoms. The van der Waals surface area contributed by atoms with Crippen LogP contribution in [0.3, 0.4) is 0 Å². The summed E-state index contributed by atoms with van der Waals surface area (Å²) in [5.74, 6) is 0. The van der Waals surface area contributed by atoms with Crippen molar-refractivity contribution in [2.75, 3.05) is 32.7 Å². The minimum atomic E-state index is -0.346. The first-order chi connectivity index (χ1) is 10.0. The second-order valence-corrected chi connectivity index (χ2v) is 6.11. The molecule has 1 fully saturated rings. The molecule has 6 heteroatoms. The van der Waals surface area contributed by atoms with Gasteiger partial charge in [-0.2, -0.15) is 5.10 Å². The molecule has 1 aliphatic rings. The highest BCUT2D eigenvalue weighted by atomic mass is 16.5. The predicted octanol–water partition coefficient (Wildman–Crippen LogP) is 0.251. The fourth-order valence-corrected chi connectivity index (χ4v) is 2.85. The molecule has 120 valence electrons. The number of nitrogens with one attached hydrogen (secondary N) is 1. The first-order valence-electron chi connectivity index (χ1n) is 7.78. The van der Waals surface area contributed by atoms with E-state index in [1.807, 2.05) is 24.0 Å². The van der Waals surface area contributed by atoms with E-state index in [1.54, 1.807) is 0 Å². The summed E-state index contributed by atoms with van der Waals surface area (Å²) < 4.78 is 7.62. The standard InChI is InChI=1S/C15H28N4O2/c1-12-6-17-19(8-12)5-4-16-7-15(20)11-18-9-13(2)21-14(3)10-18/h6,8,13-16,20H,4-5,7,9-11H2,1-3H3. The number of hydrogen-bond acceptors (Lipinski definition) is 5. The Morgan fingerprint density at radius 3 is 2.76 bits per heavy atom.